The van der Waals surface area contributed by atoms with E-state index in [1.165, 1.54) is 12.1 Å². The van der Waals surface area contributed by atoms with E-state index < -0.39 is 41.7 Å². The third-order valence-corrected chi connectivity index (χ3v) is 17.5. The van der Waals surface area contributed by atoms with Crippen LogP contribution in [-0.2, 0) is 76.3 Å². The Bertz CT molecular complexity index is 2290. The highest BCUT2D eigenvalue weighted by molar-refractivity contribution is 8.24. The molecule has 1 aliphatic heterocycles. The molecule has 0 spiro atoms. The van der Waals surface area contributed by atoms with Gasteiger partial charge in [0.25, 0.3) is 0 Å². The molecule has 0 amide bonds. The molecule has 0 atom stereocenters. The lowest BCUT2D eigenvalue weighted by Gasteiger charge is -2.30. The maximum atomic E-state index is 13.8. The van der Waals surface area contributed by atoms with Crippen molar-refractivity contribution in [3.8, 4) is 17.6 Å². The zero-order valence-electron chi connectivity index (χ0n) is 45.0. The van der Waals surface area contributed by atoms with Crippen LogP contribution in [0.25, 0.3) is 0 Å². The molecule has 79 heavy (non-hydrogen) atoms. The van der Waals surface area contributed by atoms with Crippen LogP contribution in [-0.4, -0.2) is 99.0 Å². The minimum atomic E-state index is -0.795. The highest BCUT2D eigenvalue weighted by Gasteiger charge is 2.39. The van der Waals surface area contributed by atoms with Crippen molar-refractivity contribution in [3.05, 3.63) is 47.3 Å². The van der Waals surface area contributed by atoms with Gasteiger partial charge in [-0.25, -0.2) is 14.4 Å². The summed E-state index contributed by atoms with van der Waals surface area (Å²) in [6.45, 7) is 9.65. The van der Waals surface area contributed by atoms with E-state index >= 15 is 0 Å². The molecule has 0 bridgehead atoms. The van der Waals surface area contributed by atoms with Crippen LogP contribution in [0.1, 0.15) is 148 Å². The van der Waals surface area contributed by atoms with E-state index in [1.807, 2.05) is 13.0 Å². The summed E-state index contributed by atoms with van der Waals surface area (Å²) >= 11 is 2.10. The lowest BCUT2D eigenvalue weighted by molar-refractivity contribution is -0.161. The van der Waals surface area contributed by atoms with Crippen LogP contribution >= 0.6 is 23.5 Å². The molecule has 4 fully saturated rings. The summed E-state index contributed by atoms with van der Waals surface area (Å²) in [5.74, 6) is -5.97. The molecule has 6 rings (SSSR count). The van der Waals surface area contributed by atoms with E-state index in [-0.39, 0.29) is 114 Å². The molecule has 0 unspecified atom stereocenters. The van der Waals surface area contributed by atoms with Gasteiger partial charge in [-0.1, -0.05) is 50.0 Å². The molecule has 1 aromatic carbocycles. The monoisotopic (exact) mass is 1140 g/mol. The van der Waals surface area contributed by atoms with Gasteiger partial charge in [-0.2, -0.15) is 5.26 Å². The van der Waals surface area contributed by atoms with Crippen LogP contribution in [0.4, 0.5) is 0 Å². The summed E-state index contributed by atoms with van der Waals surface area (Å²) in [4.78, 5) is 115. The molecule has 19 nitrogen and oxygen atoms in total. The van der Waals surface area contributed by atoms with Crippen molar-refractivity contribution in [2.45, 2.75) is 170 Å². The first kappa shape index (κ1) is 62.1. The van der Waals surface area contributed by atoms with Crippen molar-refractivity contribution in [2.75, 3.05) is 33.0 Å². The highest BCUT2D eigenvalue weighted by atomic mass is 32.2. The molecule has 1 heterocycles. The topological polar surface area (TPSA) is 260 Å². The number of benzene rings is 1. The third-order valence-electron chi connectivity index (χ3n) is 14.9. The molecule has 1 aromatic rings. The normalized spacial score (nSPS) is 23.4. The van der Waals surface area contributed by atoms with Gasteiger partial charge in [-0.3, -0.25) is 28.8 Å². The van der Waals surface area contributed by atoms with Crippen molar-refractivity contribution in [2.24, 2.45) is 35.5 Å². The predicted octanol–water partition coefficient (Wildman–Crippen LogP) is 9.70. The fourth-order valence-electron chi connectivity index (χ4n) is 10.1. The van der Waals surface area contributed by atoms with E-state index in [2.05, 4.69) is 13.2 Å². The Balaban J connectivity index is 0.961. The maximum absolute atomic E-state index is 13.8. The number of nitrogens with zero attached hydrogens (tertiary/aromatic N) is 1. The van der Waals surface area contributed by atoms with Crippen LogP contribution in [0.2, 0.25) is 0 Å². The lowest BCUT2D eigenvalue weighted by atomic mass is 9.82. The number of rotatable bonds is 26. The number of nitriles is 1. The Hall–Kier alpha value is -6.14. The number of carbonyl (C=O) groups excluding carboxylic acids is 9. The van der Waals surface area contributed by atoms with Crippen molar-refractivity contribution in [3.63, 3.8) is 0 Å². The first-order valence-corrected chi connectivity index (χ1v) is 29.4. The Kier molecular flexibility index (Phi) is 25.3. The minimum absolute atomic E-state index is 0.132. The van der Waals surface area contributed by atoms with Crippen molar-refractivity contribution in [1.82, 2.24) is 0 Å². The summed E-state index contributed by atoms with van der Waals surface area (Å²) in [6, 6.07) is 5.01. The largest absolute Gasteiger partial charge is 0.465 e. The van der Waals surface area contributed by atoms with Gasteiger partial charge in [0.15, 0.2) is 5.57 Å². The SMILES string of the molecule is C=CC(=O)OCCCCOC(=O)C1CCC(C(=O)OC2CCC(C(=O)Oc3ccc(OC(=O)C4CCC(OC(=O)C5CCC(C(=O)OCCCCOC(=O)C=C)CC5)CC4)c4c3SC(=C(C#N)C(=O)OCCCC)S4)CC2)CC1. The number of ether oxygens (including phenoxy) is 9. The summed E-state index contributed by atoms with van der Waals surface area (Å²) in [5.41, 5.74) is -0.230. The Labute approximate surface area is 469 Å². The van der Waals surface area contributed by atoms with Crippen LogP contribution in [0.3, 0.4) is 0 Å². The van der Waals surface area contributed by atoms with Crippen LogP contribution in [0, 0.1) is 46.8 Å². The number of fused-ring (bicyclic) bond motifs is 1. The minimum Gasteiger partial charge on any atom is -0.465 e. The summed E-state index contributed by atoms with van der Waals surface area (Å²) in [5, 5.41) is 10.1. The van der Waals surface area contributed by atoms with Gasteiger partial charge in [0.05, 0.1) is 82.6 Å². The van der Waals surface area contributed by atoms with Gasteiger partial charge in [-0.05, 0) is 147 Å². The van der Waals surface area contributed by atoms with E-state index in [4.69, 9.17) is 42.6 Å². The number of hydrogen-bond donors (Lipinski definition) is 0. The first-order valence-electron chi connectivity index (χ1n) is 27.8. The Morgan fingerprint density at radius 1 is 0.481 bits per heavy atom. The van der Waals surface area contributed by atoms with E-state index in [1.54, 1.807) is 0 Å². The highest BCUT2D eigenvalue weighted by Crippen LogP contribution is 2.59. The standard InChI is InChI=1S/C58H73NO18S2/c1-4-7-30-73-57(68)44(35-59)58-78-49-45(76-55(66)40-20-24-42(25-21-40)74-53(64)38-16-12-36(13-17-38)51(62)71-33-10-8-31-69-47(60)5-2)28-29-46(50(49)79-58)77-56(67)41-22-26-43(27-23-41)75-54(65)39-18-14-37(15-19-39)52(63)72-34-11-9-32-70-48(61)6-3/h5-6,28-29,36-43H,2-4,7-27,30-34H2,1H3. The van der Waals surface area contributed by atoms with E-state index in [0.717, 1.165) is 42.1 Å². The number of thioether (sulfide) groups is 2. The summed E-state index contributed by atoms with van der Waals surface area (Å²) < 4.78 is 50.2. The fraction of sp³-hybridized carbons (Fsp3) is 0.621. The molecule has 430 valence electrons. The van der Waals surface area contributed by atoms with Gasteiger partial charge in [-0.15, -0.1) is 0 Å². The molecule has 4 aliphatic carbocycles. The van der Waals surface area contributed by atoms with Crippen molar-refractivity contribution in [1.29, 1.82) is 5.26 Å². The quantitative estimate of drug-likeness (QED) is 0.0209. The smallest absolute Gasteiger partial charge is 0.350 e. The molecule has 0 aromatic heterocycles. The van der Waals surface area contributed by atoms with Gasteiger partial charge in [0.2, 0.25) is 0 Å². The van der Waals surface area contributed by atoms with Crippen LogP contribution in [0.15, 0.2) is 57.0 Å². The second-order valence-corrected chi connectivity index (χ2v) is 22.7. The molecule has 0 N–H and O–H groups in total. The zero-order chi connectivity index (χ0) is 56.7. The Morgan fingerprint density at radius 2 is 0.810 bits per heavy atom. The molecule has 0 saturated heterocycles. The van der Waals surface area contributed by atoms with Crippen molar-refractivity contribution >= 4 is 77.2 Å². The molecule has 21 heteroatoms. The van der Waals surface area contributed by atoms with E-state index in [0.29, 0.717) is 145 Å². The van der Waals surface area contributed by atoms with Crippen molar-refractivity contribution < 1.29 is 85.8 Å². The third kappa shape index (κ3) is 19.0. The predicted molar refractivity (Wildman–Crippen MR) is 285 cm³/mol. The number of unbranched alkanes of at least 4 members (excludes halogenated alkanes) is 3. The second-order valence-electron chi connectivity index (χ2n) is 20.4. The average molecular weight is 1140 g/mol. The first-order chi connectivity index (χ1) is 38.2. The average Bonchev–Trinajstić information content (AvgIpc) is 4.05. The van der Waals surface area contributed by atoms with Gasteiger partial charge < -0.3 is 42.6 Å². The number of esters is 9. The number of hydrogen-bond acceptors (Lipinski definition) is 21. The summed E-state index contributed by atoms with van der Waals surface area (Å²) in [6.07, 6.45) is 12.5. The van der Waals surface area contributed by atoms with Gasteiger partial charge in [0.1, 0.15) is 29.8 Å². The van der Waals surface area contributed by atoms with Gasteiger partial charge >= 0.3 is 53.7 Å². The lowest BCUT2D eigenvalue weighted by Crippen LogP contribution is -2.33. The molecular weight excluding hydrogens is 1060 g/mol. The van der Waals surface area contributed by atoms with Crippen LogP contribution in [0.5, 0.6) is 11.5 Å². The van der Waals surface area contributed by atoms with Gasteiger partial charge in [0, 0.05) is 12.2 Å². The maximum Gasteiger partial charge on any atom is 0.350 e. The molecular formula is C58H73NO18S2. The molecule has 5 aliphatic rings. The van der Waals surface area contributed by atoms with E-state index in [9.17, 15) is 48.4 Å². The second kappa shape index (κ2) is 32.2. The zero-order valence-corrected chi connectivity index (χ0v) is 46.7. The molecule has 0 radical (unpaired) electrons. The fourth-order valence-corrected chi connectivity index (χ4v) is 12.6. The summed E-state index contributed by atoms with van der Waals surface area (Å²) in [7, 11) is 0. The number of carbonyl (C=O) groups is 9. The molecule has 4 saturated carbocycles. The van der Waals surface area contributed by atoms with Crippen LogP contribution < -0.4 is 9.47 Å². The Morgan fingerprint density at radius 3 is 1.16 bits per heavy atom.